The highest BCUT2D eigenvalue weighted by atomic mass is 16.6. The normalized spacial score (nSPS) is 33.4. The van der Waals surface area contributed by atoms with Crippen LogP contribution in [0.5, 0.6) is 0 Å². The van der Waals surface area contributed by atoms with E-state index in [1.54, 1.807) is 0 Å². The quantitative estimate of drug-likeness (QED) is 0.371. The predicted octanol–water partition coefficient (Wildman–Crippen LogP) is 6.03. The van der Waals surface area contributed by atoms with Crippen molar-refractivity contribution in [3.8, 4) is 0 Å². The highest BCUT2D eigenvalue weighted by Crippen LogP contribution is 2.42. The summed E-state index contributed by atoms with van der Waals surface area (Å²) in [4.78, 5) is 49.4. The van der Waals surface area contributed by atoms with Gasteiger partial charge in [0.2, 0.25) is 11.8 Å². The zero-order chi connectivity index (χ0) is 36.5. The van der Waals surface area contributed by atoms with E-state index in [2.05, 4.69) is 38.8 Å². The third-order valence-corrected chi connectivity index (χ3v) is 15.3. The molecule has 1 N–H and O–H groups in total. The van der Waals surface area contributed by atoms with E-state index in [9.17, 15) is 14.4 Å². The zero-order valence-electron chi connectivity index (χ0n) is 33.3. The van der Waals surface area contributed by atoms with Gasteiger partial charge in [-0.15, -0.1) is 0 Å². The van der Waals surface area contributed by atoms with Crippen molar-refractivity contribution in [3.05, 3.63) is 0 Å². The smallest absolute Gasteiger partial charge is 0.410 e. The highest BCUT2D eigenvalue weighted by molar-refractivity contribution is 5.80. The number of ether oxygens (including phenoxy) is 1. The minimum atomic E-state index is -0.171. The molecule has 10 nitrogen and oxygen atoms in total. The highest BCUT2D eigenvalue weighted by Gasteiger charge is 2.47. The molecule has 6 saturated heterocycles. The summed E-state index contributed by atoms with van der Waals surface area (Å²) in [7, 11) is 0. The van der Waals surface area contributed by atoms with Crippen LogP contribution in [0.2, 0.25) is 0 Å². The number of piperidine rings is 4. The lowest BCUT2D eigenvalue weighted by Crippen LogP contribution is -2.58. The first-order valence-electron chi connectivity index (χ1n) is 21.8. The zero-order valence-corrected chi connectivity index (χ0v) is 33.3. The maximum absolute atomic E-state index is 12.7. The molecule has 2 saturated carbocycles. The Morgan fingerprint density at radius 3 is 1.50 bits per heavy atom. The van der Waals surface area contributed by atoms with Crippen molar-refractivity contribution in [2.24, 2.45) is 11.8 Å². The number of hydrogen-bond acceptors (Lipinski definition) is 7. The molecule has 10 heteroatoms. The third kappa shape index (κ3) is 8.19. The molecule has 3 amide bonds. The van der Waals surface area contributed by atoms with Crippen molar-refractivity contribution < 1.29 is 19.1 Å². The van der Waals surface area contributed by atoms with E-state index in [1.807, 2.05) is 18.7 Å². The van der Waals surface area contributed by atoms with Gasteiger partial charge in [-0.05, 0) is 130 Å². The molecule has 6 aliphatic heterocycles. The summed E-state index contributed by atoms with van der Waals surface area (Å²) in [6.45, 7) is 17.0. The number of likely N-dealkylation sites (tertiary alicyclic amines) is 5. The Labute approximate surface area is 315 Å². The summed E-state index contributed by atoms with van der Waals surface area (Å²) in [6.07, 6.45) is 20.8. The standard InChI is InChI=1S/C23H39N3O3.C19H33N3O/c1-17(2)29-22(28)24-14-10-23(3,11-15-24)25-12-8-19(9-13-25)26-20-7-5-4-6-18(20)16-21(26)27;1-19(8-10-20-11-9-19)21-12-6-16(7-13-21)22-17-5-3-2-4-15(17)14-18(22)23/h17-20H,4-16H2,1-3H3;15-17,20H,2-14H2,1H3/t18-,20+;15-,17+/m11/s1. The molecule has 4 atom stereocenters. The van der Waals surface area contributed by atoms with Gasteiger partial charge in [0.25, 0.3) is 0 Å². The summed E-state index contributed by atoms with van der Waals surface area (Å²) in [5.41, 5.74) is 0.542. The minimum Gasteiger partial charge on any atom is -0.447 e. The molecule has 8 aliphatic rings. The van der Waals surface area contributed by atoms with Crippen molar-refractivity contribution in [1.82, 2.24) is 29.8 Å². The molecule has 0 bridgehead atoms. The number of nitrogens with one attached hydrogen (secondary N) is 1. The number of fused-ring (bicyclic) bond motifs is 2. The third-order valence-electron chi connectivity index (χ3n) is 15.3. The van der Waals surface area contributed by atoms with Crippen LogP contribution in [0.4, 0.5) is 4.79 Å². The number of nitrogens with zero attached hydrogens (tertiary/aromatic N) is 5. The summed E-state index contributed by atoms with van der Waals surface area (Å²) < 4.78 is 5.36. The van der Waals surface area contributed by atoms with Gasteiger partial charge in [0.05, 0.1) is 6.10 Å². The maximum Gasteiger partial charge on any atom is 0.410 e. The van der Waals surface area contributed by atoms with Gasteiger partial charge in [-0.3, -0.25) is 19.4 Å². The van der Waals surface area contributed by atoms with E-state index < -0.39 is 0 Å². The van der Waals surface area contributed by atoms with Crippen LogP contribution in [0.15, 0.2) is 0 Å². The van der Waals surface area contributed by atoms with Crippen molar-refractivity contribution in [2.75, 3.05) is 52.4 Å². The van der Waals surface area contributed by atoms with Gasteiger partial charge < -0.3 is 24.8 Å². The molecule has 0 aromatic heterocycles. The maximum atomic E-state index is 12.7. The average Bonchev–Trinajstić information content (AvgIpc) is 3.67. The first-order valence-corrected chi connectivity index (χ1v) is 21.8. The average molecular weight is 725 g/mol. The largest absolute Gasteiger partial charge is 0.447 e. The fourth-order valence-electron chi connectivity index (χ4n) is 12.0. The monoisotopic (exact) mass is 725 g/mol. The van der Waals surface area contributed by atoms with Crippen LogP contribution in [-0.2, 0) is 14.3 Å². The molecular formula is C42H72N6O4. The second-order valence-corrected chi connectivity index (χ2v) is 18.8. The van der Waals surface area contributed by atoms with Crippen LogP contribution in [0.3, 0.4) is 0 Å². The Balaban J connectivity index is 0.000000166. The van der Waals surface area contributed by atoms with Crippen molar-refractivity contribution in [2.45, 2.75) is 185 Å². The molecule has 8 fully saturated rings. The van der Waals surface area contributed by atoms with E-state index in [0.29, 0.717) is 53.4 Å². The number of carbonyl (C=O) groups excluding carboxylic acids is 3. The first kappa shape index (κ1) is 38.4. The van der Waals surface area contributed by atoms with E-state index in [0.717, 1.165) is 77.8 Å². The number of rotatable bonds is 5. The fourth-order valence-corrected chi connectivity index (χ4v) is 12.0. The summed E-state index contributed by atoms with van der Waals surface area (Å²) in [5, 5.41) is 3.49. The van der Waals surface area contributed by atoms with Gasteiger partial charge in [-0.25, -0.2) is 4.79 Å². The van der Waals surface area contributed by atoms with Gasteiger partial charge in [0.1, 0.15) is 0 Å². The summed E-state index contributed by atoms with van der Waals surface area (Å²) >= 11 is 0. The van der Waals surface area contributed by atoms with Crippen LogP contribution < -0.4 is 5.32 Å². The van der Waals surface area contributed by atoms with Crippen molar-refractivity contribution >= 4 is 17.9 Å². The predicted molar refractivity (Wildman–Crippen MR) is 205 cm³/mol. The van der Waals surface area contributed by atoms with Crippen LogP contribution >= 0.6 is 0 Å². The molecule has 2 aliphatic carbocycles. The van der Waals surface area contributed by atoms with Crippen LogP contribution in [-0.4, -0.2) is 136 Å². The van der Waals surface area contributed by atoms with Crippen LogP contribution in [0.1, 0.15) is 143 Å². The van der Waals surface area contributed by atoms with Gasteiger partial charge in [-0.2, -0.15) is 0 Å². The number of hydrogen-bond donors (Lipinski definition) is 1. The molecule has 0 aromatic rings. The number of carbonyl (C=O) groups is 3. The van der Waals surface area contributed by atoms with Gasteiger partial charge >= 0.3 is 6.09 Å². The van der Waals surface area contributed by atoms with Crippen LogP contribution in [0.25, 0.3) is 0 Å². The lowest BCUT2D eigenvalue weighted by Gasteiger charge is -2.50. The van der Waals surface area contributed by atoms with Gasteiger partial charge in [-0.1, -0.05) is 25.7 Å². The first-order chi connectivity index (χ1) is 25.0. The molecule has 0 spiro atoms. The van der Waals surface area contributed by atoms with Crippen molar-refractivity contribution in [3.63, 3.8) is 0 Å². The molecule has 294 valence electrons. The summed E-state index contributed by atoms with van der Waals surface area (Å²) in [5.74, 6) is 2.19. The molecule has 0 radical (unpaired) electrons. The second-order valence-electron chi connectivity index (χ2n) is 18.8. The fraction of sp³-hybridized carbons (Fsp3) is 0.929. The SMILES string of the molecule is CC(C)OC(=O)N1CCC(C)(N2CCC(N3C(=O)C[C@H]4CCCC[C@@H]43)CC2)CC1.CC1(N2CCC(N3C(=O)C[C@H]4CCCC[C@@H]43)CC2)CCNCC1. The number of amides is 3. The van der Waals surface area contributed by atoms with E-state index in [4.69, 9.17) is 4.74 Å². The van der Waals surface area contributed by atoms with Gasteiger partial charge in [0, 0.05) is 87.4 Å². The van der Waals surface area contributed by atoms with E-state index in [-0.39, 0.29) is 17.7 Å². The second kappa shape index (κ2) is 16.4. The van der Waals surface area contributed by atoms with Gasteiger partial charge in [0.15, 0.2) is 0 Å². The van der Waals surface area contributed by atoms with E-state index in [1.165, 1.54) is 90.1 Å². The Hall–Kier alpha value is -1.91. The molecule has 0 aromatic carbocycles. The Morgan fingerprint density at radius 2 is 1.06 bits per heavy atom. The summed E-state index contributed by atoms with van der Waals surface area (Å²) in [6, 6.07) is 2.08. The molecule has 6 heterocycles. The van der Waals surface area contributed by atoms with E-state index >= 15 is 0 Å². The molecule has 52 heavy (non-hydrogen) atoms. The molecule has 0 unspecified atom stereocenters. The lowest BCUT2D eigenvalue weighted by atomic mass is 9.83. The molecular weight excluding hydrogens is 652 g/mol. The Morgan fingerprint density at radius 1 is 0.635 bits per heavy atom. The van der Waals surface area contributed by atoms with Crippen LogP contribution in [0, 0.1) is 11.8 Å². The van der Waals surface area contributed by atoms with Crippen molar-refractivity contribution in [1.29, 1.82) is 0 Å². The molecule has 8 rings (SSSR count). The Bertz CT molecular complexity index is 1230. The topological polar surface area (TPSA) is 88.7 Å². The Kier molecular flexibility index (Phi) is 12.1. The minimum absolute atomic E-state index is 0.0631. The lowest BCUT2D eigenvalue weighted by molar-refractivity contribution is -0.133.